The van der Waals surface area contributed by atoms with Crippen molar-refractivity contribution in [3.05, 3.63) is 50.9 Å². The van der Waals surface area contributed by atoms with E-state index in [0.29, 0.717) is 17.8 Å². The molecule has 2 aromatic rings. The largest absolute Gasteiger partial charge is 0.393 e. The topological polar surface area (TPSA) is 111 Å². The number of sulfone groups is 1. The van der Waals surface area contributed by atoms with Crippen molar-refractivity contribution >= 4 is 21.3 Å². The number of aryl methyl sites for hydroxylation is 1. The molecule has 150 valence electrons. The number of benzene rings is 1. The third kappa shape index (κ3) is 3.39. The van der Waals surface area contributed by atoms with Crippen LogP contribution in [0.15, 0.2) is 33.2 Å². The lowest BCUT2D eigenvalue weighted by molar-refractivity contribution is 0.103. The Morgan fingerprint density at radius 3 is 2.75 bits per heavy atom. The predicted molar refractivity (Wildman–Crippen MR) is 100 cm³/mol. The molecule has 0 aliphatic carbocycles. The third-order valence-electron chi connectivity index (χ3n) is 4.65. The van der Waals surface area contributed by atoms with Gasteiger partial charge in [0.05, 0.1) is 16.4 Å². The molecular weight excluding hydrogens is 389 g/mol. The zero-order valence-electron chi connectivity index (χ0n) is 15.5. The van der Waals surface area contributed by atoms with Crippen molar-refractivity contribution < 1.29 is 22.4 Å². The zero-order valence-corrected chi connectivity index (χ0v) is 16.3. The first-order chi connectivity index (χ1) is 13.3. The van der Waals surface area contributed by atoms with Gasteiger partial charge in [-0.2, -0.15) is 0 Å². The molecule has 1 aromatic heterocycles. The smallest absolute Gasteiger partial charge is 0.277 e. The molecule has 1 aromatic carbocycles. The van der Waals surface area contributed by atoms with E-state index in [1.807, 2.05) is 0 Å². The molecule has 1 aliphatic rings. The highest BCUT2D eigenvalue weighted by Crippen LogP contribution is 2.31. The number of nitrogens with one attached hydrogen (secondary N) is 1. The molecule has 0 amide bonds. The van der Waals surface area contributed by atoms with E-state index in [1.54, 1.807) is 13.8 Å². The summed E-state index contributed by atoms with van der Waals surface area (Å²) in [5.74, 6) is -0.662. The molecule has 2 heterocycles. The van der Waals surface area contributed by atoms with Gasteiger partial charge in [-0.05, 0) is 31.5 Å². The van der Waals surface area contributed by atoms with E-state index < -0.39 is 27.9 Å². The zero-order chi connectivity index (χ0) is 20.5. The number of halogens is 1. The summed E-state index contributed by atoms with van der Waals surface area (Å²) < 4.78 is 38.5. The van der Waals surface area contributed by atoms with Crippen LogP contribution in [-0.2, 0) is 21.2 Å². The summed E-state index contributed by atoms with van der Waals surface area (Å²) in [5, 5.41) is 6.60. The van der Waals surface area contributed by atoms with Crippen LogP contribution in [0.5, 0.6) is 0 Å². The Labute approximate surface area is 160 Å². The van der Waals surface area contributed by atoms with Crippen molar-refractivity contribution in [2.45, 2.75) is 31.7 Å². The fraction of sp³-hybridized carbons (Fsp3) is 0.389. The maximum atomic E-state index is 12.9. The van der Waals surface area contributed by atoms with Crippen LogP contribution in [-0.4, -0.2) is 48.7 Å². The van der Waals surface area contributed by atoms with Gasteiger partial charge in [0.15, 0.2) is 15.6 Å². The number of carbonyl (C=O) groups is 1. The number of hydrogen-bond acceptors (Lipinski definition) is 6. The van der Waals surface area contributed by atoms with Crippen LogP contribution in [0.25, 0.3) is 0 Å². The van der Waals surface area contributed by atoms with Crippen LogP contribution in [0.3, 0.4) is 0 Å². The monoisotopic (exact) mass is 409 g/mol. The van der Waals surface area contributed by atoms with E-state index in [4.69, 9.17) is 4.84 Å². The van der Waals surface area contributed by atoms with E-state index >= 15 is 0 Å². The lowest BCUT2D eigenvalue weighted by Gasteiger charge is -2.21. The Morgan fingerprint density at radius 2 is 2.11 bits per heavy atom. The van der Waals surface area contributed by atoms with E-state index in [9.17, 15) is 22.4 Å². The fourth-order valence-corrected chi connectivity index (χ4v) is 4.76. The molecule has 0 saturated carbocycles. The molecule has 3 rings (SSSR count). The Balaban J connectivity index is 2.15. The number of aromatic nitrogens is 2. The molecule has 0 unspecified atom stereocenters. The third-order valence-corrected chi connectivity index (χ3v) is 6.40. The lowest BCUT2D eigenvalue weighted by Crippen LogP contribution is -2.26. The van der Waals surface area contributed by atoms with E-state index in [-0.39, 0.29) is 40.4 Å². The minimum Gasteiger partial charge on any atom is -0.393 e. The second kappa shape index (κ2) is 7.70. The maximum absolute atomic E-state index is 12.9. The van der Waals surface area contributed by atoms with Crippen LogP contribution in [0, 0.1) is 6.92 Å². The number of aromatic amines is 1. The summed E-state index contributed by atoms with van der Waals surface area (Å²) in [6, 6.07) is 2.75. The number of fused-ring (bicyclic) bond motifs is 1. The standard InChI is InChI=1S/C18H20FN3O5S/c1-3-22-18(24)13(10-20-22)17(23)12-4-5-15-16(11(12)2)14(21-27-8-7-19)6-9-28(15,25)26/h4-5,10,20H,3,6-9H2,1-2H3. The molecule has 0 spiro atoms. The molecule has 1 N–H and O–H groups in total. The van der Waals surface area contributed by atoms with Crippen molar-refractivity contribution in [2.75, 3.05) is 19.0 Å². The summed E-state index contributed by atoms with van der Waals surface area (Å²) in [7, 11) is -3.54. The second-order valence-corrected chi connectivity index (χ2v) is 8.38. The molecule has 0 atom stereocenters. The second-order valence-electron chi connectivity index (χ2n) is 6.31. The van der Waals surface area contributed by atoms with Crippen molar-refractivity contribution in [1.29, 1.82) is 0 Å². The Morgan fingerprint density at radius 1 is 1.36 bits per heavy atom. The Bertz CT molecular complexity index is 1110. The van der Waals surface area contributed by atoms with Crippen LogP contribution < -0.4 is 5.56 Å². The van der Waals surface area contributed by atoms with E-state index in [2.05, 4.69) is 10.3 Å². The molecule has 28 heavy (non-hydrogen) atoms. The van der Waals surface area contributed by atoms with Gasteiger partial charge in [0.1, 0.15) is 18.8 Å². The minimum absolute atomic E-state index is 0.0317. The molecular formula is C18H20FN3O5S. The summed E-state index contributed by atoms with van der Waals surface area (Å²) in [6.45, 7) is 2.78. The van der Waals surface area contributed by atoms with Crippen molar-refractivity contribution in [2.24, 2.45) is 5.16 Å². The highest BCUT2D eigenvalue weighted by Gasteiger charge is 2.32. The lowest BCUT2D eigenvalue weighted by atomic mass is 9.93. The first-order valence-corrected chi connectivity index (χ1v) is 10.4. The Hall–Kier alpha value is -2.75. The summed E-state index contributed by atoms with van der Waals surface area (Å²) in [4.78, 5) is 30.2. The number of oxime groups is 1. The van der Waals surface area contributed by atoms with Gasteiger partial charge in [0.2, 0.25) is 0 Å². The Kier molecular flexibility index (Phi) is 5.50. The number of alkyl halides is 1. The van der Waals surface area contributed by atoms with Crippen molar-refractivity contribution in [3.8, 4) is 0 Å². The number of carbonyl (C=O) groups excluding carboxylic acids is 1. The predicted octanol–water partition coefficient (Wildman–Crippen LogP) is 1.60. The van der Waals surface area contributed by atoms with Gasteiger partial charge in [-0.15, -0.1) is 0 Å². The maximum Gasteiger partial charge on any atom is 0.277 e. The number of ketones is 1. The van der Waals surface area contributed by atoms with Crippen LogP contribution >= 0.6 is 0 Å². The van der Waals surface area contributed by atoms with Crippen molar-refractivity contribution in [1.82, 2.24) is 9.78 Å². The fourth-order valence-electron chi connectivity index (χ4n) is 3.22. The first-order valence-electron chi connectivity index (χ1n) is 8.76. The van der Waals surface area contributed by atoms with Gasteiger partial charge in [0.25, 0.3) is 5.56 Å². The molecule has 10 heteroatoms. The van der Waals surface area contributed by atoms with Gasteiger partial charge < -0.3 is 9.94 Å². The molecule has 0 fully saturated rings. The normalized spacial score (nSPS) is 16.8. The number of H-pyrrole nitrogens is 1. The average Bonchev–Trinajstić information content (AvgIpc) is 3.04. The average molecular weight is 409 g/mol. The number of hydrogen-bond donors (Lipinski definition) is 1. The van der Waals surface area contributed by atoms with E-state index in [1.165, 1.54) is 23.0 Å². The van der Waals surface area contributed by atoms with Crippen LogP contribution in [0.4, 0.5) is 4.39 Å². The number of nitrogens with zero attached hydrogens (tertiary/aromatic N) is 2. The molecule has 0 bridgehead atoms. The highest BCUT2D eigenvalue weighted by atomic mass is 32.2. The molecule has 0 radical (unpaired) electrons. The van der Waals surface area contributed by atoms with Gasteiger partial charge in [-0.25, -0.2) is 12.8 Å². The van der Waals surface area contributed by atoms with Crippen LogP contribution in [0.2, 0.25) is 0 Å². The minimum atomic E-state index is -3.54. The van der Waals surface area contributed by atoms with Gasteiger partial charge >= 0.3 is 0 Å². The van der Waals surface area contributed by atoms with Gasteiger partial charge in [-0.1, -0.05) is 5.16 Å². The van der Waals surface area contributed by atoms with Crippen molar-refractivity contribution in [3.63, 3.8) is 0 Å². The first kappa shape index (κ1) is 20.0. The summed E-state index contributed by atoms with van der Waals surface area (Å²) in [6.07, 6.45) is 1.43. The SMILES string of the molecule is CCn1[nH]cc(C(=O)c2ccc3c(c2C)C(=NOCCF)CCS3(=O)=O)c1=O. The molecule has 1 aliphatic heterocycles. The highest BCUT2D eigenvalue weighted by molar-refractivity contribution is 7.91. The number of rotatable bonds is 6. The van der Waals surface area contributed by atoms with E-state index in [0.717, 1.165) is 0 Å². The molecule has 0 saturated heterocycles. The van der Waals surface area contributed by atoms with Crippen LogP contribution in [0.1, 0.15) is 40.4 Å². The quantitative estimate of drug-likeness (QED) is 0.443. The molecule has 8 nitrogen and oxygen atoms in total. The summed E-state index contributed by atoms with van der Waals surface area (Å²) in [5.41, 5.74) is 0.728. The summed E-state index contributed by atoms with van der Waals surface area (Å²) >= 11 is 0. The van der Waals surface area contributed by atoms with Gasteiger partial charge in [-0.3, -0.25) is 14.3 Å². The van der Waals surface area contributed by atoms with Gasteiger partial charge in [0, 0.05) is 30.3 Å².